The maximum absolute atomic E-state index is 9.21. The summed E-state index contributed by atoms with van der Waals surface area (Å²) < 4.78 is 2.05. The number of nitrogens with zero attached hydrogens (tertiary/aromatic N) is 3. The van der Waals surface area contributed by atoms with E-state index in [0.29, 0.717) is 0 Å². The summed E-state index contributed by atoms with van der Waals surface area (Å²) in [6.07, 6.45) is 4.84. The number of fused-ring (bicyclic) bond motifs is 1. The van der Waals surface area contributed by atoms with Crippen LogP contribution in [0.15, 0.2) is 30.5 Å². The van der Waals surface area contributed by atoms with E-state index >= 15 is 0 Å². The first-order valence-corrected chi connectivity index (χ1v) is 7.25. The van der Waals surface area contributed by atoms with Crippen molar-refractivity contribution in [3.05, 3.63) is 30.5 Å². The van der Waals surface area contributed by atoms with Crippen molar-refractivity contribution >= 4 is 10.9 Å². The largest absolute Gasteiger partial charge is 0.300 e. The summed E-state index contributed by atoms with van der Waals surface area (Å²) in [5, 5.41) is 18.1. The van der Waals surface area contributed by atoms with E-state index in [1.54, 1.807) is 0 Å². The van der Waals surface area contributed by atoms with Gasteiger partial charge in [-0.1, -0.05) is 25.1 Å². The number of rotatable bonds is 7. The predicted octanol–water partition coefficient (Wildman–Crippen LogP) is 3.10. The zero-order valence-corrected chi connectivity index (χ0v) is 12.3. The van der Waals surface area contributed by atoms with Gasteiger partial charge >= 0.3 is 0 Å². The van der Waals surface area contributed by atoms with E-state index in [1.807, 2.05) is 36.9 Å². The second-order valence-electron chi connectivity index (χ2n) is 5.36. The average molecular weight is 270 g/mol. The molecule has 0 aliphatic heterocycles. The smallest absolute Gasteiger partial charge is 0.103 e. The van der Waals surface area contributed by atoms with Gasteiger partial charge in [-0.2, -0.15) is 10.4 Å². The van der Waals surface area contributed by atoms with Gasteiger partial charge in [-0.05, 0) is 38.8 Å². The highest BCUT2D eigenvalue weighted by Gasteiger charge is 2.21. The number of nitriles is 1. The zero-order chi connectivity index (χ0) is 14.4. The first kappa shape index (κ1) is 14.5. The maximum Gasteiger partial charge on any atom is 0.103 e. The average Bonchev–Trinajstić information content (AvgIpc) is 2.87. The van der Waals surface area contributed by atoms with E-state index in [1.165, 1.54) is 10.9 Å². The molecule has 0 radical (unpaired) electrons. The van der Waals surface area contributed by atoms with Gasteiger partial charge in [-0.3, -0.25) is 10.00 Å². The molecule has 4 nitrogen and oxygen atoms in total. The van der Waals surface area contributed by atoms with Crippen molar-refractivity contribution in [3.63, 3.8) is 0 Å². The van der Waals surface area contributed by atoms with Crippen LogP contribution in [0.5, 0.6) is 0 Å². The fraction of sp³-hybridized carbons (Fsp3) is 0.500. The minimum absolute atomic E-state index is 0.402. The second-order valence-corrected chi connectivity index (χ2v) is 5.36. The third-order valence-corrected chi connectivity index (χ3v) is 3.66. The molecule has 1 atom stereocenters. The van der Waals surface area contributed by atoms with Crippen LogP contribution in [0, 0.1) is 11.3 Å². The number of aromatic nitrogens is 2. The Morgan fingerprint density at radius 1 is 1.35 bits per heavy atom. The molecule has 1 aromatic heterocycles. The molecule has 4 heteroatoms. The Kier molecular flexibility index (Phi) is 4.75. The van der Waals surface area contributed by atoms with Gasteiger partial charge in [0, 0.05) is 11.9 Å². The first-order chi connectivity index (χ1) is 9.68. The van der Waals surface area contributed by atoms with Crippen LogP contribution in [0.2, 0.25) is 0 Å². The molecular formula is C16H22N4. The lowest BCUT2D eigenvalue weighted by Crippen LogP contribution is -2.40. The molecular weight excluding hydrogens is 248 g/mol. The van der Waals surface area contributed by atoms with Crippen molar-refractivity contribution in [1.29, 1.82) is 5.26 Å². The summed E-state index contributed by atoms with van der Waals surface area (Å²) in [5.74, 6) is 0. The van der Waals surface area contributed by atoms with Gasteiger partial charge in [0.25, 0.3) is 0 Å². The Morgan fingerprint density at radius 2 is 2.15 bits per heavy atom. The molecule has 0 fully saturated rings. The van der Waals surface area contributed by atoms with Crippen molar-refractivity contribution in [2.45, 2.75) is 45.2 Å². The normalized spacial score (nSPS) is 14.1. The third kappa shape index (κ3) is 3.37. The minimum atomic E-state index is -0.402. The van der Waals surface area contributed by atoms with E-state index in [0.717, 1.165) is 32.4 Å². The van der Waals surface area contributed by atoms with Crippen molar-refractivity contribution in [2.75, 3.05) is 6.54 Å². The minimum Gasteiger partial charge on any atom is -0.300 e. The number of unbranched alkanes of at least 4 members (excludes halogenated alkanes) is 1. The van der Waals surface area contributed by atoms with Crippen LogP contribution < -0.4 is 5.32 Å². The van der Waals surface area contributed by atoms with Crippen LogP contribution in [0.25, 0.3) is 10.9 Å². The fourth-order valence-electron chi connectivity index (χ4n) is 2.52. The van der Waals surface area contributed by atoms with Crippen molar-refractivity contribution < 1.29 is 0 Å². The molecule has 1 heterocycles. The molecule has 2 aromatic rings. The highest BCUT2D eigenvalue weighted by Crippen LogP contribution is 2.16. The molecule has 0 aliphatic rings. The molecule has 1 aromatic carbocycles. The Morgan fingerprint density at radius 3 is 2.90 bits per heavy atom. The summed E-state index contributed by atoms with van der Waals surface area (Å²) >= 11 is 0. The molecule has 1 N–H and O–H groups in total. The van der Waals surface area contributed by atoms with E-state index in [2.05, 4.69) is 28.6 Å². The van der Waals surface area contributed by atoms with Gasteiger partial charge in [0.2, 0.25) is 0 Å². The SMILES string of the molecule is CCNC(C)(C#N)CCCCn1ncc2ccccc21. The number of para-hydroxylation sites is 1. The molecule has 0 spiro atoms. The van der Waals surface area contributed by atoms with Crippen LogP contribution in [0.3, 0.4) is 0 Å². The van der Waals surface area contributed by atoms with E-state index in [-0.39, 0.29) is 0 Å². The number of hydrogen-bond acceptors (Lipinski definition) is 3. The summed E-state index contributed by atoms with van der Waals surface area (Å²) in [5.41, 5.74) is 0.781. The molecule has 0 aliphatic carbocycles. The second kappa shape index (κ2) is 6.53. The van der Waals surface area contributed by atoms with Crippen LogP contribution in [-0.4, -0.2) is 21.9 Å². The first-order valence-electron chi connectivity index (χ1n) is 7.25. The standard InChI is InChI=1S/C16H22N4/c1-3-18-16(2,13-17)10-6-7-11-20-15-9-5-4-8-14(15)12-19-20/h4-5,8-9,12,18H,3,6-7,10-11H2,1-2H3. The number of hydrogen-bond donors (Lipinski definition) is 1. The van der Waals surface area contributed by atoms with Crippen LogP contribution in [0.1, 0.15) is 33.1 Å². The molecule has 0 amide bonds. The summed E-state index contributed by atoms with van der Waals surface area (Å²) in [4.78, 5) is 0. The van der Waals surface area contributed by atoms with Gasteiger partial charge in [0.15, 0.2) is 0 Å². The Labute approximate surface area is 120 Å². The topological polar surface area (TPSA) is 53.6 Å². The maximum atomic E-state index is 9.21. The molecule has 106 valence electrons. The Hall–Kier alpha value is -1.86. The molecule has 2 rings (SSSR count). The molecule has 20 heavy (non-hydrogen) atoms. The van der Waals surface area contributed by atoms with E-state index in [4.69, 9.17) is 0 Å². The third-order valence-electron chi connectivity index (χ3n) is 3.66. The van der Waals surface area contributed by atoms with Crippen molar-refractivity contribution in [1.82, 2.24) is 15.1 Å². The van der Waals surface area contributed by atoms with Gasteiger partial charge in [-0.25, -0.2) is 0 Å². The summed E-state index contributed by atoms with van der Waals surface area (Å²) in [6.45, 7) is 5.74. The summed E-state index contributed by atoms with van der Waals surface area (Å²) in [7, 11) is 0. The molecule has 0 saturated heterocycles. The predicted molar refractivity (Wildman–Crippen MR) is 81.3 cm³/mol. The lowest BCUT2D eigenvalue weighted by Gasteiger charge is -2.22. The van der Waals surface area contributed by atoms with Crippen molar-refractivity contribution in [3.8, 4) is 6.07 Å². The highest BCUT2D eigenvalue weighted by molar-refractivity contribution is 5.78. The fourth-order valence-corrected chi connectivity index (χ4v) is 2.52. The van der Waals surface area contributed by atoms with Crippen LogP contribution in [-0.2, 0) is 6.54 Å². The molecule has 1 unspecified atom stereocenters. The van der Waals surface area contributed by atoms with E-state index in [9.17, 15) is 5.26 Å². The Balaban J connectivity index is 1.86. The van der Waals surface area contributed by atoms with Crippen molar-refractivity contribution in [2.24, 2.45) is 0 Å². The zero-order valence-electron chi connectivity index (χ0n) is 12.3. The molecule has 0 bridgehead atoms. The number of nitrogens with one attached hydrogen (secondary N) is 1. The number of aryl methyl sites for hydroxylation is 1. The van der Waals surface area contributed by atoms with E-state index < -0.39 is 5.54 Å². The van der Waals surface area contributed by atoms with Gasteiger partial charge in [-0.15, -0.1) is 0 Å². The quantitative estimate of drug-likeness (QED) is 0.787. The van der Waals surface area contributed by atoms with Gasteiger partial charge in [0.05, 0.1) is 17.8 Å². The lowest BCUT2D eigenvalue weighted by molar-refractivity contribution is 0.402. The van der Waals surface area contributed by atoms with Gasteiger partial charge < -0.3 is 0 Å². The highest BCUT2D eigenvalue weighted by atomic mass is 15.3. The summed E-state index contributed by atoms with van der Waals surface area (Å²) in [6, 6.07) is 10.6. The molecule has 0 saturated carbocycles. The Bertz CT molecular complexity index is 596. The number of benzene rings is 1. The van der Waals surface area contributed by atoms with Crippen LogP contribution >= 0.6 is 0 Å². The monoisotopic (exact) mass is 270 g/mol. The van der Waals surface area contributed by atoms with Crippen LogP contribution in [0.4, 0.5) is 0 Å². The lowest BCUT2D eigenvalue weighted by atomic mass is 9.96. The van der Waals surface area contributed by atoms with Gasteiger partial charge in [0.1, 0.15) is 5.54 Å².